The van der Waals surface area contributed by atoms with Gasteiger partial charge in [-0.3, -0.25) is 0 Å². The van der Waals surface area contributed by atoms with Crippen LogP contribution in [0.15, 0.2) is 36.4 Å². The molecule has 0 unspecified atom stereocenters. The highest BCUT2D eigenvalue weighted by Gasteiger charge is 2.30. The Bertz CT molecular complexity index is 607. The third-order valence-corrected chi connectivity index (χ3v) is 2.57. The molecule has 2 rings (SSSR count). The molecule has 0 N–H and O–H groups in total. The fourth-order valence-electron chi connectivity index (χ4n) is 1.53. The van der Waals surface area contributed by atoms with E-state index in [1.54, 1.807) is 0 Å². The fourth-order valence-corrected chi connectivity index (χ4v) is 1.53. The summed E-state index contributed by atoms with van der Waals surface area (Å²) in [6, 6.07) is 7.40. The molecule has 2 aromatic rings. The first-order valence-corrected chi connectivity index (χ1v) is 5.51. The minimum Gasteiger partial charge on any atom is -0.464 e. The monoisotopic (exact) mass is 282 g/mol. The van der Waals surface area contributed by atoms with Gasteiger partial charge >= 0.3 is 12.1 Å². The van der Waals surface area contributed by atoms with Gasteiger partial charge in [-0.1, -0.05) is 12.1 Å². The van der Waals surface area contributed by atoms with E-state index < -0.39 is 17.7 Å². The third kappa shape index (κ3) is 2.93. The average Bonchev–Trinajstić information content (AvgIpc) is 2.46. The van der Waals surface area contributed by atoms with E-state index in [9.17, 15) is 18.0 Å². The van der Waals surface area contributed by atoms with Crippen LogP contribution in [0.5, 0.6) is 0 Å². The van der Waals surface area contributed by atoms with Crippen molar-refractivity contribution in [1.29, 1.82) is 0 Å². The van der Waals surface area contributed by atoms with E-state index in [0.717, 1.165) is 12.1 Å². The molecule has 0 saturated carbocycles. The van der Waals surface area contributed by atoms with Gasteiger partial charge in [0.25, 0.3) is 0 Å². The van der Waals surface area contributed by atoms with Crippen LogP contribution >= 0.6 is 0 Å². The number of carbonyl (C=O) groups is 1. The zero-order valence-electron chi connectivity index (χ0n) is 10.3. The van der Waals surface area contributed by atoms with Gasteiger partial charge in [-0.05, 0) is 24.3 Å². The molecule has 0 aliphatic carbocycles. The molecule has 7 heteroatoms. The van der Waals surface area contributed by atoms with Gasteiger partial charge < -0.3 is 4.74 Å². The molecule has 0 amide bonds. The number of rotatable bonds is 2. The van der Waals surface area contributed by atoms with Crippen LogP contribution in [-0.2, 0) is 10.9 Å². The first-order valence-electron chi connectivity index (χ1n) is 5.51. The standard InChI is InChI=1S/C13H9F3N2O2/c1-20-12(19)11-7-6-10(17-18-11)8-2-4-9(5-3-8)13(14,15)16/h2-7H,1H3. The summed E-state index contributed by atoms with van der Waals surface area (Å²) in [6.07, 6.45) is -4.38. The Morgan fingerprint density at radius 3 is 2.15 bits per heavy atom. The predicted octanol–water partition coefficient (Wildman–Crippen LogP) is 2.95. The van der Waals surface area contributed by atoms with Crippen molar-refractivity contribution < 1.29 is 22.7 Å². The second-order valence-electron chi connectivity index (χ2n) is 3.87. The van der Waals surface area contributed by atoms with Gasteiger partial charge in [0.1, 0.15) is 0 Å². The normalized spacial score (nSPS) is 11.2. The molecule has 4 nitrogen and oxygen atoms in total. The first-order chi connectivity index (χ1) is 9.41. The molecule has 0 aliphatic rings. The fraction of sp³-hybridized carbons (Fsp3) is 0.154. The van der Waals surface area contributed by atoms with Gasteiger partial charge in [0.05, 0.1) is 18.4 Å². The van der Waals surface area contributed by atoms with Crippen molar-refractivity contribution in [3.05, 3.63) is 47.7 Å². The Labute approximate surface area is 112 Å². The van der Waals surface area contributed by atoms with Crippen molar-refractivity contribution in [3.63, 3.8) is 0 Å². The number of carbonyl (C=O) groups excluding carboxylic acids is 1. The molecule has 0 aliphatic heterocycles. The van der Waals surface area contributed by atoms with Gasteiger partial charge in [0.2, 0.25) is 0 Å². The van der Waals surface area contributed by atoms with E-state index >= 15 is 0 Å². The minimum absolute atomic E-state index is 0.0307. The second kappa shape index (κ2) is 5.28. The largest absolute Gasteiger partial charge is 0.464 e. The summed E-state index contributed by atoms with van der Waals surface area (Å²) in [5.74, 6) is -0.628. The molecular formula is C13H9F3N2O2. The topological polar surface area (TPSA) is 52.1 Å². The molecule has 1 aromatic heterocycles. The van der Waals surface area contributed by atoms with Crippen molar-refractivity contribution in [3.8, 4) is 11.3 Å². The number of alkyl halides is 3. The summed E-state index contributed by atoms with van der Waals surface area (Å²) in [5, 5.41) is 7.43. The van der Waals surface area contributed by atoms with Crippen molar-refractivity contribution in [2.45, 2.75) is 6.18 Å². The van der Waals surface area contributed by atoms with Crippen LogP contribution < -0.4 is 0 Å². The number of hydrogen-bond donors (Lipinski definition) is 0. The van der Waals surface area contributed by atoms with E-state index in [4.69, 9.17) is 0 Å². The van der Waals surface area contributed by atoms with Crippen LogP contribution in [0.4, 0.5) is 13.2 Å². The minimum atomic E-state index is -4.38. The number of ether oxygens (including phenoxy) is 1. The van der Waals surface area contributed by atoms with Gasteiger partial charge in [-0.2, -0.15) is 13.2 Å². The highest BCUT2D eigenvalue weighted by Crippen LogP contribution is 2.30. The Hall–Kier alpha value is -2.44. The van der Waals surface area contributed by atoms with Crippen molar-refractivity contribution in [2.24, 2.45) is 0 Å². The number of nitrogens with zero attached hydrogens (tertiary/aromatic N) is 2. The molecule has 0 spiro atoms. The second-order valence-corrected chi connectivity index (χ2v) is 3.87. The van der Waals surface area contributed by atoms with Gasteiger partial charge in [0, 0.05) is 5.56 Å². The van der Waals surface area contributed by atoms with E-state index in [1.165, 1.54) is 31.4 Å². The lowest BCUT2D eigenvalue weighted by atomic mass is 10.1. The van der Waals surface area contributed by atoms with Crippen molar-refractivity contribution in [2.75, 3.05) is 7.11 Å². The highest BCUT2D eigenvalue weighted by molar-refractivity contribution is 5.87. The number of methoxy groups -OCH3 is 1. The van der Waals surface area contributed by atoms with Crippen molar-refractivity contribution in [1.82, 2.24) is 10.2 Å². The molecule has 0 atom stereocenters. The lowest BCUT2D eigenvalue weighted by Crippen LogP contribution is -2.06. The van der Waals surface area contributed by atoms with Crippen LogP contribution in [0, 0.1) is 0 Å². The predicted molar refractivity (Wildman–Crippen MR) is 63.8 cm³/mol. The van der Waals surface area contributed by atoms with Gasteiger partial charge in [-0.15, -0.1) is 10.2 Å². The molecule has 0 radical (unpaired) electrons. The first kappa shape index (κ1) is 14.0. The van der Waals surface area contributed by atoms with Crippen LogP contribution in [0.2, 0.25) is 0 Å². The van der Waals surface area contributed by atoms with Crippen LogP contribution in [0.3, 0.4) is 0 Å². The number of esters is 1. The Balaban J connectivity index is 2.26. The Morgan fingerprint density at radius 2 is 1.70 bits per heavy atom. The van der Waals surface area contributed by atoms with Gasteiger partial charge in [0.15, 0.2) is 5.69 Å². The number of hydrogen-bond acceptors (Lipinski definition) is 4. The number of benzene rings is 1. The number of halogens is 3. The summed E-state index contributed by atoms with van der Waals surface area (Å²) < 4.78 is 41.7. The van der Waals surface area contributed by atoms with Crippen LogP contribution in [0.25, 0.3) is 11.3 Å². The van der Waals surface area contributed by atoms with E-state index in [0.29, 0.717) is 11.3 Å². The van der Waals surface area contributed by atoms with Gasteiger partial charge in [-0.25, -0.2) is 4.79 Å². The molecule has 0 bridgehead atoms. The molecule has 0 saturated heterocycles. The van der Waals surface area contributed by atoms with E-state index in [1.807, 2.05) is 0 Å². The molecule has 1 aromatic carbocycles. The third-order valence-electron chi connectivity index (χ3n) is 2.57. The summed E-state index contributed by atoms with van der Waals surface area (Å²) in [7, 11) is 1.22. The summed E-state index contributed by atoms with van der Waals surface area (Å²) >= 11 is 0. The highest BCUT2D eigenvalue weighted by atomic mass is 19.4. The maximum Gasteiger partial charge on any atom is 0.416 e. The molecule has 20 heavy (non-hydrogen) atoms. The molecule has 0 fully saturated rings. The molecule has 104 valence electrons. The lowest BCUT2D eigenvalue weighted by Gasteiger charge is -2.07. The molecule has 1 heterocycles. The summed E-state index contributed by atoms with van der Waals surface area (Å²) in [5.41, 5.74) is 0.136. The summed E-state index contributed by atoms with van der Waals surface area (Å²) in [6.45, 7) is 0. The quantitative estimate of drug-likeness (QED) is 0.795. The van der Waals surface area contributed by atoms with Crippen LogP contribution in [-0.4, -0.2) is 23.3 Å². The lowest BCUT2D eigenvalue weighted by molar-refractivity contribution is -0.137. The smallest absolute Gasteiger partial charge is 0.416 e. The number of aromatic nitrogens is 2. The van der Waals surface area contributed by atoms with Crippen LogP contribution in [0.1, 0.15) is 16.1 Å². The zero-order chi connectivity index (χ0) is 14.8. The maximum atomic E-state index is 12.4. The molecular weight excluding hydrogens is 273 g/mol. The Kier molecular flexibility index (Phi) is 3.69. The van der Waals surface area contributed by atoms with E-state index in [2.05, 4.69) is 14.9 Å². The maximum absolute atomic E-state index is 12.4. The Morgan fingerprint density at radius 1 is 1.05 bits per heavy atom. The SMILES string of the molecule is COC(=O)c1ccc(-c2ccc(C(F)(F)F)cc2)nn1. The van der Waals surface area contributed by atoms with E-state index in [-0.39, 0.29) is 5.69 Å². The average molecular weight is 282 g/mol. The summed E-state index contributed by atoms with van der Waals surface area (Å²) in [4.78, 5) is 11.2. The van der Waals surface area contributed by atoms with Crippen molar-refractivity contribution >= 4 is 5.97 Å². The zero-order valence-corrected chi connectivity index (χ0v) is 10.3.